The Bertz CT molecular complexity index is 846. The highest BCUT2D eigenvalue weighted by Gasteiger charge is 2.31. The van der Waals surface area contributed by atoms with E-state index in [2.05, 4.69) is 76.3 Å². The summed E-state index contributed by atoms with van der Waals surface area (Å²) in [5.74, 6) is 0.0252. The Morgan fingerprint density at radius 1 is 0.968 bits per heavy atom. The topological polar surface area (TPSA) is 48.1 Å². The second-order valence-electron chi connectivity index (χ2n) is 9.13. The van der Waals surface area contributed by atoms with E-state index in [0.717, 1.165) is 45.0 Å². The molecule has 0 aromatic heterocycles. The summed E-state index contributed by atoms with van der Waals surface area (Å²) in [6.45, 7) is 11.9. The maximum Gasteiger partial charge on any atom is 0.238 e. The van der Waals surface area contributed by atoms with Gasteiger partial charge >= 0.3 is 0 Å². The van der Waals surface area contributed by atoms with Crippen molar-refractivity contribution in [3.63, 3.8) is 0 Å². The van der Waals surface area contributed by atoms with Crippen LogP contribution in [0.5, 0.6) is 0 Å². The molecule has 0 atom stereocenters. The normalized spacial score (nSPS) is 19.9. The van der Waals surface area contributed by atoms with E-state index < -0.39 is 0 Å². The van der Waals surface area contributed by atoms with Gasteiger partial charge < -0.3 is 15.0 Å². The van der Waals surface area contributed by atoms with E-state index in [1.165, 1.54) is 11.3 Å². The molecule has 2 saturated heterocycles. The Labute approximate surface area is 185 Å². The SMILES string of the molecule is CC1(C)COCCN1CC(=O)Nc1ccc(N2CCN(Cc3ccccc3)CC2)cc1. The molecule has 166 valence electrons. The molecule has 1 N–H and O–H groups in total. The Morgan fingerprint density at radius 3 is 2.35 bits per heavy atom. The van der Waals surface area contributed by atoms with E-state index in [4.69, 9.17) is 4.74 Å². The number of carbonyl (C=O) groups excluding carboxylic acids is 1. The second kappa shape index (κ2) is 9.81. The van der Waals surface area contributed by atoms with E-state index in [1.54, 1.807) is 0 Å². The van der Waals surface area contributed by atoms with E-state index >= 15 is 0 Å². The number of nitrogens with one attached hydrogen (secondary N) is 1. The molecule has 1 amide bonds. The zero-order valence-electron chi connectivity index (χ0n) is 18.7. The van der Waals surface area contributed by atoms with Gasteiger partial charge in [0.05, 0.1) is 19.8 Å². The van der Waals surface area contributed by atoms with Crippen molar-refractivity contribution in [1.82, 2.24) is 9.80 Å². The van der Waals surface area contributed by atoms with Crippen LogP contribution < -0.4 is 10.2 Å². The van der Waals surface area contributed by atoms with Crippen LogP contribution in [0.1, 0.15) is 19.4 Å². The molecule has 2 aromatic rings. The van der Waals surface area contributed by atoms with Crippen LogP contribution in [0.15, 0.2) is 54.6 Å². The third-order valence-electron chi connectivity index (χ3n) is 6.29. The average Bonchev–Trinajstić information content (AvgIpc) is 2.77. The van der Waals surface area contributed by atoms with Gasteiger partial charge in [-0.25, -0.2) is 0 Å². The molecule has 0 bridgehead atoms. The lowest BCUT2D eigenvalue weighted by Crippen LogP contribution is -2.55. The summed E-state index contributed by atoms with van der Waals surface area (Å²) < 4.78 is 5.54. The third kappa shape index (κ3) is 5.85. The molecule has 0 radical (unpaired) electrons. The molecule has 4 rings (SSSR count). The zero-order valence-corrected chi connectivity index (χ0v) is 18.7. The first kappa shape index (κ1) is 21.8. The van der Waals surface area contributed by atoms with Gasteiger partial charge in [0.2, 0.25) is 5.91 Å². The molecular weight excluding hydrogens is 388 g/mol. The van der Waals surface area contributed by atoms with Crippen molar-refractivity contribution in [1.29, 1.82) is 0 Å². The Hall–Kier alpha value is -2.41. The van der Waals surface area contributed by atoms with Gasteiger partial charge in [0.15, 0.2) is 0 Å². The van der Waals surface area contributed by atoms with E-state index in [-0.39, 0.29) is 11.4 Å². The van der Waals surface area contributed by atoms with Crippen molar-refractivity contribution in [2.75, 3.05) is 62.7 Å². The number of hydrogen-bond acceptors (Lipinski definition) is 5. The number of rotatable bonds is 6. The number of amides is 1. The minimum absolute atomic E-state index is 0.0252. The quantitative estimate of drug-likeness (QED) is 0.775. The lowest BCUT2D eigenvalue weighted by Gasteiger charge is -2.41. The van der Waals surface area contributed by atoms with Crippen molar-refractivity contribution in [3.05, 3.63) is 60.2 Å². The fourth-order valence-electron chi connectivity index (χ4n) is 4.32. The minimum atomic E-state index is -0.109. The van der Waals surface area contributed by atoms with Gasteiger partial charge in [0.1, 0.15) is 0 Å². The Balaban J connectivity index is 1.25. The molecule has 2 aliphatic rings. The number of anilines is 2. The fraction of sp³-hybridized carbons (Fsp3) is 0.480. The van der Waals surface area contributed by atoms with Crippen LogP contribution in [0, 0.1) is 0 Å². The number of carbonyl (C=O) groups is 1. The van der Waals surface area contributed by atoms with Crippen molar-refractivity contribution in [2.24, 2.45) is 0 Å². The molecule has 31 heavy (non-hydrogen) atoms. The monoisotopic (exact) mass is 422 g/mol. The van der Waals surface area contributed by atoms with Gasteiger partial charge in [-0.2, -0.15) is 0 Å². The Morgan fingerprint density at radius 2 is 1.68 bits per heavy atom. The number of piperazine rings is 1. The summed E-state index contributed by atoms with van der Waals surface area (Å²) in [5.41, 5.74) is 3.33. The first-order valence-corrected chi connectivity index (χ1v) is 11.2. The lowest BCUT2D eigenvalue weighted by molar-refractivity contribution is -0.122. The van der Waals surface area contributed by atoms with E-state index in [1.807, 2.05) is 12.1 Å². The molecule has 2 fully saturated rings. The predicted octanol–water partition coefficient (Wildman–Crippen LogP) is 3.06. The Kier molecular flexibility index (Phi) is 6.90. The molecule has 2 heterocycles. The fourth-order valence-corrected chi connectivity index (χ4v) is 4.32. The molecule has 2 aliphatic heterocycles. The molecule has 2 aromatic carbocycles. The molecule has 0 saturated carbocycles. The van der Waals surface area contributed by atoms with Crippen LogP contribution in [-0.2, 0) is 16.1 Å². The third-order valence-corrected chi connectivity index (χ3v) is 6.29. The average molecular weight is 423 g/mol. The molecule has 6 heteroatoms. The highest BCUT2D eigenvalue weighted by atomic mass is 16.5. The van der Waals surface area contributed by atoms with Gasteiger partial charge in [-0.15, -0.1) is 0 Å². The maximum atomic E-state index is 12.5. The smallest absolute Gasteiger partial charge is 0.238 e. The summed E-state index contributed by atoms with van der Waals surface area (Å²) in [6, 6.07) is 18.9. The summed E-state index contributed by atoms with van der Waals surface area (Å²) in [5, 5.41) is 3.04. The first-order valence-electron chi connectivity index (χ1n) is 11.2. The van der Waals surface area contributed by atoms with Crippen LogP contribution in [0.3, 0.4) is 0 Å². The van der Waals surface area contributed by atoms with Gasteiger partial charge in [-0.05, 0) is 43.7 Å². The van der Waals surface area contributed by atoms with Crippen molar-refractivity contribution < 1.29 is 9.53 Å². The molecule has 6 nitrogen and oxygen atoms in total. The number of benzene rings is 2. The minimum Gasteiger partial charge on any atom is -0.378 e. The van der Waals surface area contributed by atoms with Crippen molar-refractivity contribution in [3.8, 4) is 0 Å². The van der Waals surface area contributed by atoms with Gasteiger partial charge in [-0.3, -0.25) is 14.6 Å². The lowest BCUT2D eigenvalue weighted by atomic mass is 10.0. The number of nitrogens with zero attached hydrogens (tertiary/aromatic N) is 3. The maximum absolute atomic E-state index is 12.5. The molecule has 0 aliphatic carbocycles. The van der Waals surface area contributed by atoms with Crippen LogP contribution >= 0.6 is 0 Å². The summed E-state index contributed by atoms with van der Waals surface area (Å²) >= 11 is 0. The highest BCUT2D eigenvalue weighted by Crippen LogP contribution is 2.21. The largest absolute Gasteiger partial charge is 0.378 e. The number of ether oxygens (including phenoxy) is 1. The van der Waals surface area contributed by atoms with E-state index in [0.29, 0.717) is 19.8 Å². The standard InChI is InChI=1S/C25H34N4O2/c1-25(2)20-31-17-16-29(25)19-24(30)26-22-8-10-23(11-9-22)28-14-12-27(13-15-28)18-21-6-4-3-5-7-21/h3-11H,12-20H2,1-2H3,(H,26,30). The van der Waals surface area contributed by atoms with E-state index in [9.17, 15) is 4.79 Å². The van der Waals surface area contributed by atoms with Crippen LogP contribution in [-0.4, -0.2) is 73.7 Å². The van der Waals surface area contributed by atoms with Crippen LogP contribution in [0.25, 0.3) is 0 Å². The molecule has 0 unspecified atom stereocenters. The predicted molar refractivity (Wildman–Crippen MR) is 125 cm³/mol. The van der Waals surface area contributed by atoms with Gasteiger partial charge in [0.25, 0.3) is 0 Å². The van der Waals surface area contributed by atoms with Crippen LogP contribution in [0.2, 0.25) is 0 Å². The number of morpholine rings is 1. The van der Waals surface area contributed by atoms with Gasteiger partial charge in [0, 0.05) is 56.2 Å². The van der Waals surface area contributed by atoms with Crippen LogP contribution in [0.4, 0.5) is 11.4 Å². The summed E-state index contributed by atoms with van der Waals surface area (Å²) in [6.07, 6.45) is 0. The zero-order chi connectivity index (χ0) is 21.7. The van der Waals surface area contributed by atoms with Gasteiger partial charge in [-0.1, -0.05) is 30.3 Å². The highest BCUT2D eigenvalue weighted by molar-refractivity contribution is 5.92. The van der Waals surface area contributed by atoms with Crippen molar-refractivity contribution >= 4 is 17.3 Å². The summed E-state index contributed by atoms with van der Waals surface area (Å²) in [4.78, 5) is 19.6. The molecule has 0 spiro atoms. The summed E-state index contributed by atoms with van der Waals surface area (Å²) in [7, 11) is 0. The first-order chi connectivity index (χ1) is 15.0. The van der Waals surface area contributed by atoms with Crippen molar-refractivity contribution in [2.45, 2.75) is 25.9 Å². The molecular formula is C25H34N4O2. The number of hydrogen-bond donors (Lipinski definition) is 1. The second-order valence-corrected chi connectivity index (χ2v) is 9.13.